The van der Waals surface area contributed by atoms with Crippen LogP contribution in [0.5, 0.6) is 0 Å². The van der Waals surface area contributed by atoms with Crippen molar-refractivity contribution in [2.45, 2.75) is 23.7 Å². The topological polar surface area (TPSA) is 47.0 Å². The van der Waals surface area contributed by atoms with Crippen LogP contribution in [0.4, 0.5) is 0 Å². The van der Waals surface area contributed by atoms with Crippen molar-refractivity contribution in [3.05, 3.63) is 36.0 Å². The lowest BCUT2D eigenvalue weighted by Crippen LogP contribution is -2.08. The van der Waals surface area contributed by atoms with Gasteiger partial charge in [0, 0.05) is 22.3 Å². The summed E-state index contributed by atoms with van der Waals surface area (Å²) >= 11 is 1.99. The van der Waals surface area contributed by atoms with Crippen LogP contribution in [0.15, 0.2) is 35.4 Å². The van der Waals surface area contributed by atoms with E-state index in [0.717, 1.165) is 23.7 Å². The Hall–Kier alpha value is -0.780. The minimum absolute atomic E-state index is 0.129. The molecule has 0 N–H and O–H groups in total. The van der Waals surface area contributed by atoms with E-state index in [1.807, 2.05) is 18.0 Å². The molecule has 6 heteroatoms. The number of pyridine rings is 1. The summed E-state index contributed by atoms with van der Waals surface area (Å²) in [5.74, 6) is 2.89. The van der Waals surface area contributed by atoms with Gasteiger partial charge in [0.2, 0.25) is 0 Å². The molecule has 1 aromatic heterocycles. The zero-order valence-electron chi connectivity index (χ0n) is 10.8. The molecule has 0 saturated carbocycles. The van der Waals surface area contributed by atoms with E-state index in [1.54, 1.807) is 12.1 Å². The fraction of sp³-hybridized carbons (Fsp3) is 0.357. The Morgan fingerprint density at radius 3 is 2.65 bits per heavy atom. The normalized spacial score (nSPS) is 17.4. The van der Waals surface area contributed by atoms with E-state index in [4.69, 9.17) is 10.7 Å². The molecule has 2 aromatic rings. The van der Waals surface area contributed by atoms with E-state index in [9.17, 15) is 8.42 Å². The number of aromatic nitrogens is 1. The molecule has 0 spiro atoms. The molecule has 2 heterocycles. The summed E-state index contributed by atoms with van der Waals surface area (Å²) in [6, 6.07) is 6.85. The molecule has 1 fully saturated rings. The van der Waals surface area contributed by atoms with Gasteiger partial charge in [-0.3, -0.25) is 4.98 Å². The van der Waals surface area contributed by atoms with Crippen LogP contribution in [0.25, 0.3) is 10.9 Å². The van der Waals surface area contributed by atoms with Gasteiger partial charge in [-0.25, -0.2) is 8.42 Å². The number of fused-ring (bicyclic) bond motifs is 1. The Kier molecular flexibility index (Phi) is 3.93. The predicted molar refractivity (Wildman–Crippen MR) is 84.1 cm³/mol. The van der Waals surface area contributed by atoms with Crippen LogP contribution < -0.4 is 0 Å². The lowest BCUT2D eigenvalue weighted by Gasteiger charge is -2.21. The van der Waals surface area contributed by atoms with Gasteiger partial charge in [0.15, 0.2) is 0 Å². The summed E-state index contributed by atoms with van der Waals surface area (Å²) in [5.41, 5.74) is 1.99. The molecule has 0 amide bonds. The first-order chi connectivity index (χ1) is 9.54. The fourth-order valence-corrected chi connectivity index (χ4v) is 4.43. The Balaban J connectivity index is 2.04. The highest BCUT2D eigenvalue weighted by molar-refractivity contribution is 8.13. The van der Waals surface area contributed by atoms with Gasteiger partial charge in [0.1, 0.15) is 0 Å². The van der Waals surface area contributed by atoms with E-state index < -0.39 is 9.05 Å². The second kappa shape index (κ2) is 5.54. The molecule has 1 aliphatic heterocycles. The average Bonchev–Trinajstić information content (AvgIpc) is 2.46. The SMILES string of the molecule is O=S(=O)(Cl)c1ccc2ncc(C3CCSCC3)cc2c1. The van der Waals surface area contributed by atoms with E-state index >= 15 is 0 Å². The molecule has 20 heavy (non-hydrogen) atoms. The molecule has 0 unspecified atom stereocenters. The van der Waals surface area contributed by atoms with E-state index in [-0.39, 0.29) is 4.90 Å². The van der Waals surface area contributed by atoms with Gasteiger partial charge in [0.05, 0.1) is 10.4 Å². The maximum absolute atomic E-state index is 11.4. The molecule has 1 aliphatic rings. The number of hydrogen-bond donors (Lipinski definition) is 0. The summed E-state index contributed by atoms with van der Waals surface area (Å²) in [5, 5.41) is 0.836. The molecule has 1 saturated heterocycles. The van der Waals surface area contributed by atoms with Crippen LogP contribution in [0.3, 0.4) is 0 Å². The second-order valence-electron chi connectivity index (χ2n) is 4.95. The fourth-order valence-electron chi connectivity index (χ4n) is 2.53. The third-order valence-electron chi connectivity index (χ3n) is 3.65. The largest absolute Gasteiger partial charge is 0.261 e. The van der Waals surface area contributed by atoms with Crippen molar-refractivity contribution in [1.29, 1.82) is 0 Å². The Labute approximate surface area is 127 Å². The van der Waals surface area contributed by atoms with Crippen molar-refractivity contribution in [3.63, 3.8) is 0 Å². The van der Waals surface area contributed by atoms with Crippen molar-refractivity contribution in [3.8, 4) is 0 Å². The molecule has 3 nitrogen and oxygen atoms in total. The van der Waals surface area contributed by atoms with Crippen LogP contribution in [-0.4, -0.2) is 24.9 Å². The smallest absolute Gasteiger partial charge is 0.256 e. The third-order valence-corrected chi connectivity index (χ3v) is 6.05. The summed E-state index contributed by atoms with van der Waals surface area (Å²) < 4.78 is 22.8. The third kappa shape index (κ3) is 2.95. The van der Waals surface area contributed by atoms with Crippen LogP contribution in [0.2, 0.25) is 0 Å². The van der Waals surface area contributed by atoms with Crippen LogP contribution in [-0.2, 0) is 9.05 Å². The van der Waals surface area contributed by atoms with Gasteiger partial charge in [-0.1, -0.05) is 0 Å². The van der Waals surface area contributed by atoms with Gasteiger partial charge in [-0.05, 0) is 60.1 Å². The molecular formula is C14H14ClNO2S2. The number of thioether (sulfide) groups is 1. The van der Waals surface area contributed by atoms with Crippen molar-refractivity contribution in [1.82, 2.24) is 4.98 Å². The van der Waals surface area contributed by atoms with Gasteiger partial charge in [-0.2, -0.15) is 11.8 Å². The molecule has 0 atom stereocenters. The maximum atomic E-state index is 11.4. The molecule has 0 bridgehead atoms. The standard InChI is InChI=1S/C14H14ClNO2S2/c15-20(17,18)13-1-2-14-11(8-13)7-12(9-16-14)10-3-5-19-6-4-10/h1-2,7-10H,3-6H2. The average molecular weight is 328 g/mol. The first-order valence-electron chi connectivity index (χ1n) is 6.46. The highest BCUT2D eigenvalue weighted by Gasteiger charge is 2.17. The number of nitrogens with zero attached hydrogens (tertiary/aromatic N) is 1. The Morgan fingerprint density at radius 2 is 1.95 bits per heavy atom. The zero-order valence-corrected chi connectivity index (χ0v) is 13.1. The monoisotopic (exact) mass is 327 g/mol. The number of benzene rings is 1. The maximum Gasteiger partial charge on any atom is 0.261 e. The Morgan fingerprint density at radius 1 is 1.20 bits per heavy atom. The summed E-state index contributed by atoms with van der Waals surface area (Å²) in [6.07, 6.45) is 4.23. The first-order valence-corrected chi connectivity index (χ1v) is 9.92. The zero-order chi connectivity index (χ0) is 14.2. The van der Waals surface area contributed by atoms with Crippen molar-refractivity contribution in [2.24, 2.45) is 0 Å². The number of rotatable bonds is 2. The predicted octanol–water partition coefficient (Wildman–Crippen LogP) is 3.77. The molecule has 3 rings (SSSR count). The van der Waals surface area contributed by atoms with Gasteiger partial charge >= 0.3 is 0 Å². The lowest BCUT2D eigenvalue weighted by molar-refractivity contribution is 0.609. The number of hydrogen-bond acceptors (Lipinski definition) is 4. The van der Waals surface area contributed by atoms with Crippen molar-refractivity contribution >= 4 is 42.4 Å². The van der Waals surface area contributed by atoms with E-state index in [1.165, 1.54) is 23.1 Å². The lowest BCUT2D eigenvalue weighted by atomic mass is 9.94. The molecular weight excluding hydrogens is 314 g/mol. The van der Waals surface area contributed by atoms with Crippen LogP contribution >= 0.6 is 22.4 Å². The van der Waals surface area contributed by atoms with Gasteiger partial charge in [-0.15, -0.1) is 0 Å². The van der Waals surface area contributed by atoms with Gasteiger partial charge < -0.3 is 0 Å². The number of halogens is 1. The minimum atomic E-state index is -3.69. The first kappa shape index (κ1) is 14.2. The molecule has 0 radical (unpaired) electrons. The molecule has 0 aliphatic carbocycles. The summed E-state index contributed by atoms with van der Waals surface area (Å²) in [6.45, 7) is 0. The quantitative estimate of drug-likeness (QED) is 0.788. The highest BCUT2D eigenvalue weighted by Crippen LogP contribution is 2.32. The molecule has 106 valence electrons. The van der Waals surface area contributed by atoms with E-state index in [0.29, 0.717) is 5.92 Å². The van der Waals surface area contributed by atoms with Gasteiger partial charge in [0.25, 0.3) is 9.05 Å². The highest BCUT2D eigenvalue weighted by atomic mass is 35.7. The Bertz CT molecular complexity index is 740. The van der Waals surface area contributed by atoms with Crippen LogP contribution in [0, 0.1) is 0 Å². The van der Waals surface area contributed by atoms with Crippen molar-refractivity contribution in [2.75, 3.05) is 11.5 Å². The molecule has 1 aromatic carbocycles. The van der Waals surface area contributed by atoms with Crippen molar-refractivity contribution < 1.29 is 8.42 Å². The summed E-state index contributed by atoms with van der Waals surface area (Å²) in [7, 11) is 1.71. The van der Waals surface area contributed by atoms with Crippen LogP contribution in [0.1, 0.15) is 24.3 Å². The van der Waals surface area contributed by atoms with E-state index in [2.05, 4.69) is 11.1 Å². The summed E-state index contributed by atoms with van der Waals surface area (Å²) in [4.78, 5) is 4.56. The second-order valence-corrected chi connectivity index (χ2v) is 8.74. The minimum Gasteiger partial charge on any atom is -0.256 e.